The molecule has 2 aromatic carbocycles. The van der Waals surface area contributed by atoms with E-state index in [1.807, 2.05) is 0 Å². The van der Waals surface area contributed by atoms with Gasteiger partial charge < -0.3 is 5.32 Å². The van der Waals surface area contributed by atoms with Crippen LogP contribution >= 0.6 is 11.6 Å². The second-order valence-electron chi connectivity index (χ2n) is 5.00. The predicted octanol–water partition coefficient (Wildman–Crippen LogP) is 3.13. The summed E-state index contributed by atoms with van der Waals surface area (Å²) in [7, 11) is -4.05. The molecule has 0 radical (unpaired) electrons. The zero-order chi connectivity index (χ0) is 17.0. The number of halogens is 2. The lowest BCUT2D eigenvalue weighted by Crippen LogP contribution is -2.32. The van der Waals surface area contributed by atoms with Gasteiger partial charge in [0.2, 0.25) is 5.91 Å². The molecular weight excluding hydrogens is 341 g/mol. The summed E-state index contributed by atoms with van der Waals surface area (Å²) in [5.74, 6) is -2.43. The molecule has 0 aromatic heterocycles. The summed E-state index contributed by atoms with van der Waals surface area (Å²) in [5.41, 5.74) is 0.672. The first-order chi connectivity index (χ1) is 10.8. The van der Waals surface area contributed by atoms with Gasteiger partial charge in [-0.2, -0.15) is 0 Å². The van der Waals surface area contributed by atoms with E-state index in [1.165, 1.54) is 12.1 Å². The first-order valence-electron chi connectivity index (χ1n) is 6.82. The van der Waals surface area contributed by atoms with Crippen LogP contribution in [0.5, 0.6) is 0 Å². The Balaban J connectivity index is 2.11. The molecule has 1 unspecified atom stereocenters. The van der Waals surface area contributed by atoms with E-state index in [0.717, 1.165) is 12.1 Å². The highest BCUT2D eigenvalue weighted by Crippen LogP contribution is 2.22. The summed E-state index contributed by atoms with van der Waals surface area (Å²) >= 11 is 6.03. The Morgan fingerprint density at radius 3 is 2.43 bits per heavy atom. The van der Waals surface area contributed by atoms with Gasteiger partial charge in [0.1, 0.15) is 16.5 Å². The largest absolute Gasteiger partial charge is 0.349 e. The van der Waals surface area contributed by atoms with Crippen molar-refractivity contribution in [3.8, 4) is 0 Å². The number of rotatable bonds is 5. The van der Waals surface area contributed by atoms with Gasteiger partial charge >= 0.3 is 0 Å². The molecule has 23 heavy (non-hydrogen) atoms. The Bertz CT molecular complexity index is 824. The van der Waals surface area contributed by atoms with E-state index in [2.05, 4.69) is 5.32 Å². The Kier molecular flexibility index (Phi) is 5.38. The highest BCUT2D eigenvalue weighted by molar-refractivity contribution is 7.92. The predicted molar refractivity (Wildman–Crippen MR) is 86.5 cm³/mol. The SMILES string of the molecule is CC(NC(=O)CS(=O)(=O)c1ccccc1F)c1ccccc1Cl. The minimum atomic E-state index is -4.05. The van der Waals surface area contributed by atoms with Gasteiger partial charge in [0.05, 0.1) is 6.04 Å². The van der Waals surface area contributed by atoms with E-state index in [-0.39, 0.29) is 0 Å². The van der Waals surface area contributed by atoms with Crippen LogP contribution in [-0.2, 0) is 14.6 Å². The second kappa shape index (κ2) is 7.10. The average molecular weight is 356 g/mol. The van der Waals surface area contributed by atoms with Gasteiger partial charge in [-0.25, -0.2) is 12.8 Å². The molecule has 0 saturated carbocycles. The van der Waals surface area contributed by atoms with Crippen LogP contribution in [0.4, 0.5) is 4.39 Å². The van der Waals surface area contributed by atoms with Crippen LogP contribution in [0.25, 0.3) is 0 Å². The molecule has 0 heterocycles. The van der Waals surface area contributed by atoms with Crippen LogP contribution in [0, 0.1) is 5.82 Å². The van der Waals surface area contributed by atoms with Gasteiger partial charge in [0.25, 0.3) is 0 Å². The minimum Gasteiger partial charge on any atom is -0.349 e. The van der Waals surface area contributed by atoms with Crippen LogP contribution < -0.4 is 5.32 Å². The molecule has 0 aliphatic rings. The molecule has 0 spiro atoms. The molecule has 1 atom stereocenters. The first kappa shape index (κ1) is 17.4. The molecule has 7 heteroatoms. The lowest BCUT2D eigenvalue weighted by molar-refractivity contribution is -0.119. The number of hydrogen-bond donors (Lipinski definition) is 1. The van der Waals surface area contributed by atoms with Crippen LogP contribution in [0.2, 0.25) is 5.02 Å². The van der Waals surface area contributed by atoms with Gasteiger partial charge in [-0.3, -0.25) is 4.79 Å². The van der Waals surface area contributed by atoms with Crippen molar-refractivity contribution < 1.29 is 17.6 Å². The summed E-state index contributed by atoms with van der Waals surface area (Å²) in [6, 6.07) is 11.4. The summed E-state index contributed by atoms with van der Waals surface area (Å²) in [5, 5.41) is 3.03. The van der Waals surface area contributed by atoms with E-state index >= 15 is 0 Å². The lowest BCUT2D eigenvalue weighted by Gasteiger charge is -2.15. The zero-order valence-electron chi connectivity index (χ0n) is 12.3. The van der Waals surface area contributed by atoms with E-state index in [9.17, 15) is 17.6 Å². The number of carbonyl (C=O) groups excluding carboxylic acids is 1. The molecular formula is C16H15ClFNO3S. The number of carbonyl (C=O) groups is 1. The monoisotopic (exact) mass is 355 g/mol. The number of sulfone groups is 1. The summed E-state index contributed by atoms with van der Waals surface area (Å²) in [4.78, 5) is 11.5. The highest BCUT2D eigenvalue weighted by atomic mass is 35.5. The zero-order valence-corrected chi connectivity index (χ0v) is 13.9. The lowest BCUT2D eigenvalue weighted by atomic mass is 10.1. The summed E-state index contributed by atoms with van der Waals surface area (Å²) in [6.07, 6.45) is 0. The van der Waals surface area contributed by atoms with Crippen molar-refractivity contribution in [1.29, 1.82) is 0 Å². The molecule has 0 aliphatic carbocycles. The molecule has 2 rings (SSSR count). The fraction of sp³-hybridized carbons (Fsp3) is 0.188. The topological polar surface area (TPSA) is 63.2 Å². The third-order valence-electron chi connectivity index (χ3n) is 3.24. The van der Waals surface area contributed by atoms with Crippen molar-refractivity contribution in [1.82, 2.24) is 5.32 Å². The Morgan fingerprint density at radius 1 is 1.17 bits per heavy atom. The van der Waals surface area contributed by atoms with Gasteiger partial charge in [-0.15, -0.1) is 0 Å². The minimum absolute atomic E-state index is 0.466. The quantitative estimate of drug-likeness (QED) is 0.896. The van der Waals surface area contributed by atoms with Crippen LogP contribution in [0.3, 0.4) is 0 Å². The van der Waals surface area contributed by atoms with Gasteiger partial charge in [0.15, 0.2) is 9.84 Å². The van der Waals surface area contributed by atoms with E-state index in [4.69, 9.17) is 11.6 Å². The Labute approximate surface area is 139 Å². The van der Waals surface area contributed by atoms with Crippen molar-refractivity contribution in [2.45, 2.75) is 17.9 Å². The first-order valence-corrected chi connectivity index (χ1v) is 8.85. The maximum Gasteiger partial charge on any atom is 0.236 e. The van der Waals surface area contributed by atoms with Gasteiger partial charge in [-0.05, 0) is 30.7 Å². The van der Waals surface area contributed by atoms with Crippen molar-refractivity contribution in [3.63, 3.8) is 0 Å². The van der Waals surface area contributed by atoms with Crippen molar-refractivity contribution in [2.24, 2.45) is 0 Å². The fourth-order valence-corrected chi connectivity index (χ4v) is 3.67. The summed E-state index contributed by atoms with van der Waals surface area (Å²) < 4.78 is 37.8. The van der Waals surface area contributed by atoms with E-state index < -0.39 is 38.3 Å². The van der Waals surface area contributed by atoms with Crippen molar-refractivity contribution in [3.05, 3.63) is 64.9 Å². The number of benzene rings is 2. The normalized spacial score (nSPS) is 12.7. The molecule has 0 saturated heterocycles. The molecule has 2 aromatic rings. The number of nitrogens with one attached hydrogen (secondary N) is 1. The fourth-order valence-electron chi connectivity index (χ4n) is 2.13. The van der Waals surface area contributed by atoms with Crippen molar-refractivity contribution >= 4 is 27.3 Å². The smallest absolute Gasteiger partial charge is 0.236 e. The third-order valence-corrected chi connectivity index (χ3v) is 5.23. The summed E-state index contributed by atoms with van der Waals surface area (Å²) in [6.45, 7) is 1.69. The van der Waals surface area contributed by atoms with E-state index in [0.29, 0.717) is 10.6 Å². The second-order valence-corrected chi connectivity index (χ2v) is 7.37. The van der Waals surface area contributed by atoms with Crippen molar-refractivity contribution in [2.75, 3.05) is 5.75 Å². The average Bonchev–Trinajstić information content (AvgIpc) is 2.47. The molecule has 122 valence electrons. The highest BCUT2D eigenvalue weighted by Gasteiger charge is 2.23. The molecule has 0 aliphatic heterocycles. The van der Waals surface area contributed by atoms with Gasteiger partial charge in [-0.1, -0.05) is 41.9 Å². The van der Waals surface area contributed by atoms with E-state index in [1.54, 1.807) is 31.2 Å². The van der Waals surface area contributed by atoms with Crippen LogP contribution in [0.1, 0.15) is 18.5 Å². The maximum atomic E-state index is 13.6. The molecule has 1 amide bonds. The molecule has 4 nitrogen and oxygen atoms in total. The maximum absolute atomic E-state index is 13.6. The van der Waals surface area contributed by atoms with Gasteiger partial charge in [0, 0.05) is 5.02 Å². The Morgan fingerprint density at radius 2 is 1.78 bits per heavy atom. The molecule has 0 bridgehead atoms. The molecule has 0 fully saturated rings. The van der Waals surface area contributed by atoms with Crippen LogP contribution in [-0.4, -0.2) is 20.1 Å². The third kappa shape index (κ3) is 4.30. The standard InChI is InChI=1S/C16H15ClFNO3S/c1-11(12-6-2-3-7-13(12)17)19-16(20)10-23(21,22)15-9-5-4-8-14(15)18/h2-9,11H,10H2,1H3,(H,19,20). The van der Waals surface area contributed by atoms with Crippen LogP contribution in [0.15, 0.2) is 53.4 Å². The number of amides is 1. The number of hydrogen-bond acceptors (Lipinski definition) is 3. The Hall–Kier alpha value is -1.92. The molecule has 1 N–H and O–H groups in total.